The predicted octanol–water partition coefficient (Wildman–Crippen LogP) is 2.25. The van der Waals surface area contributed by atoms with Gasteiger partial charge < -0.3 is 14.9 Å². The molecule has 24 heavy (non-hydrogen) atoms. The van der Waals surface area contributed by atoms with E-state index < -0.39 is 5.60 Å². The molecule has 1 saturated carbocycles. The first-order valence-corrected chi connectivity index (χ1v) is 8.01. The number of carbonyl (C=O) groups is 1. The minimum Gasteiger partial charge on any atom is -0.380 e. The molecule has 0 unspecified atom stereocenters. The van der Waals surface area contributed by atoms with Crippen molar-refractivity contribution in [1.29, 1.82) is 0 Å². The Morgan fingerprint density at radius 2 is 2.17 bits per heavy atom. The van der Waals surface area contributed by atoms with Gasteiger partial charge in [0.05, 0.1) is 6.54 Å². The van der Waals surface area contributed by atoms with E-state index in [0.29, 0.717) is 29.8 Å². The van der Waals surface area contributed by atoms with Crippen LogP contribution in [0.5, 0.6) is 0 Å². The van der Waals surface area contributed by atoms with Crippen molar-refractivity contribution in [2.45, 2.75) is 37.7 Å². The number of carbonyl (C=O) groups excluding carboxylic acids is 1. The second-order valence-electron chi connectivity index (χ2n) is 5.98. The third-order valence-electron chi connectivity index (χ3n) is 4.24. The highest BCUT2D eigenvalue weighted by Crippen LogP contribution is 2.36. The quantitative estimate of drug-likeness (QED) is 0.842. The maximum Gasteiger partial charge on any atom is 0.258 e. The van der Waals surface area contributed by atoms with E-state index >= 15 is 0 Å². The van der Waals surface area contributed by atoms with Crippen LogP contribution in [-0.4, -0.2) is 27.7 Å². The van der Waals surface area contributed by atoms with Gasteiger partial charge in [-0.15, -0.1) is 6.42 Å². The van der Waals surface area contributed by atoms with Gasteiger partial charge in [-0.3, -0.25) is 4.79 Å². The predicted molar refractivity (Wildman–Crippen MR) is 87.9 cm³/mol. The van der Waals surface area contributed by atoms with E-state index in [1.165, 1.54) is 0 Å². The van der Waals surface area contributed by atoms with Crippen LogP contribution in [0.25, 0.3) is 11.4 Å². The van der Waals surface area contributed by atoms with Gasteiger partial charge in [-0.25, -0.2) is 0 Å². The van der Waals surface area contributed by atoms with E-state index in [2.05, 4.69) is 21.4 Å². The maximum atomic E-state index is 12.0. The Bertz CT molecular complexity index is 770. The molecule has 124 valence electrons. The molecule has 0 radical (unpaired) electrons. The van der Waals surface area contributed by atoms with Gasteiger partial charge in [0.1, 0.15) is 5.60 Å². The molecule has 2 N–H and O–H groups in total. The number of hydrogen-bond acceptors (Lipinski definition) is 5. The fourth-order valence-corrected chi connectivity index (χ4v) is 2.91. The van der Waals surface area contributed by atoms with Gasteiger partial charge in [-0.05, 0) is 25.0 Å². The summed E-state index contributed by atoms with van der Waals surface area (Å²) in [6.45, 7) is 0.169. The van der Waals surface area contributed by atoms with Crippen molar-refractivity contribution in [1.82, 2.24) is 15.5 Å². The minimum absolute atomic E-state index is 0.169. The van der Waals surface area contributed by atoms with E-state index in [4.69, 9.17) is 10.9 Å². The van der Waals surface area contributed by atoms with Crippen LogP contribution in [0.3, 0.4) is 0 Å². The van der Waals surface area contributed by atoms with Crippen molar-refractivity contribution in [2.75, 3.05) is 6.54 Å². The Hall–Kier alpha value is -2.65. The average Bonchev–Trinajstić information content (AvgIpc) is 3.11. The Morgan fingerprint density at radius 3 is 2.92 bits per heavy atom. The van der Waals surface area contributed by atoms with Crippen molar-refractivity contribution in [3.63, 3.8) is 0 Å². The Kier molecular flexibility index (Phi) is 4.63. The van der Waals surface area contributed by atoms with E-state index in [0.717, 1.165) is 19.3 Å². The third-order valence-corrected chi connectivity index (χ3v) is 4.24. The molecule has 1 fully saturated rings. The number of aliphatic hydroxyl groups is 1. The molecule has 1 aromatic heterocycles. The topological polar surface area (TPSA) is 88.2 Å². The maximum absolute atomic E-state index is 12.0. The zero-order chi connectivity index (χ0) is 17.0. The normalized spacial score (nSPS) is 16.3. The lowest BCUT2D eigenvalue weighted by Gasteiger charge is -2.27. The number of terminal acetylenes is 1. The summed E-state index contributed by atoms with van der Waals surface area (Å²) in [4.78, 5) is 16.3. The van der Waals surface area contributed by atoms with Crippen molar-refractivity contribution >= 4 is 5.91 Å². The van der Waals surface area contributed by atoms with Gasteiger partial charge in [-0.2, -0.15) is 4.98 Å². The summed E-state index contributed by atoms with van der Waals surface area (Å²) in [5, 5.41) is 17.2. The zero-order valence-corrected chi connectivity index (χ0v) is 13.3. The lowest BCUT2D eigenvalue weighted by atomic mass is 9.85. The smallest absolute Gasteiger partial charge is 0.258 e. The molecule has 1 heterocycles. The monoisotopic (exact) mass is 325 g/mol. The Balaban J connectivity index is 1.83. The standard InChI is InChI=1S/C18H19N3O3/c1-2-11-19-16(22)14-8-6-7-13(12-14)15-20-17(24-21-15)18(23)9-4-3-5-10-18/h1,6-8,12,23H,3-5,9-11H2,(H,19,22). The van der Waals surface area contributed by atoms with Crippen LogP contribution in [0.2, 0.25) is 0 Å². The van der Waals surface area contributed by atoms with Crippen molar-refractivity contribution in [3.8, 4) is 23.7 Å². The summed E-state index contributed by atoms with van der Waals surface area (Å²) in [5.41, 5.74) is 0.0777. The SMILES string of the molecule is C#CCNC(=O)c1cccc(-c2noc(C3(O)CCCCC3)n2)c1. The minimum atomic E-state index is -1.04. The fraction of sp³-hybridized carbons (Fsp3) is 0.389. The number of nitrogens with one attached hydrogen (secondary N) is 1. The van der Waals surface area contributed by atoms with Crippen LogP contribution in [0, 0.1) is 12.3 Å². The molecule has 1 aromatic carbocycles. The zero-order valence-electron chi connectivity index (χ0n) is 13.3. The van der Waals surface area contributed by atoms with Crippen molar-refractivity contribution < 1.29 is 14.4 Å². The average molecular weight is 325 g/mol. The first-order chi connectivity index (χ1) is 11.6. The second kappa shape index (κ2) is 6.85. The Morgan fingerprint density at radius 1 is 1.38 bits per heavy atom. The van der Waals surface area contributed by atoms with E-state index in [-0.39, 0.29) is 18.3 Å². The Labute approximate surface area is 140 Å². The van der Waals surface area contributed by atoms with E-state index in [1.54, 1.807) is 24.3 Å². The lowest BCUT2D eigenvalue weighted by Crippen LogP contribution is -2.28. The summed E-state index contributed by atoms with van der Waals surface area (Å²) in [7, 11) is 0. The molecule has 3 rings (SSSR count). The molecular formula is C18H19N3O3. The van der Waals surface area contributed by atoms with Crippen LogP contribution in [0.15, 0.2) is 28.8 Å². The fourth-order valence-electron chi connectivity index (χ4n) is 2.91. The van der Waals surface area contributed by atoms with Crippen LogP contribution < -0.4 is 5.32 Å². The van der Waals surface area contributed by atoms with Crippen LogP contribution in [0.1, 0.15) is 48.4 Å². The van der Waals surface area contributed by atoms with Gasteiger partial charge in [-0.1, -0.05) is 42.5 Å². The molecule has 2 aromatic rings. The molecule has 1 aliphatic carbocycles. The van der Waals surface area contributed by atoms with Crippen LogP contribution >= 0.6 is 0 Å². The van der Waals surface area contributed by atoms with Gasteiger partial charge in [0.15, 0.2) is 0 Å². The molecule has 0 bridgehead atoms. The molecule has 0 saturated heterocycles. The number of rotatable bonds is 4. The summed E-state index contributed by atoms with van der Waals surface area (Å²) < 4.78 is 5.29. The molecule has 0 atom stereocenters. The number of amides is 1. The first kappa shape index (κ1) is 16.2. The van der Waals surface area contributed by atoms with E-state index in [1.807, 2.05) is 0 Å². The summed E-state index contributed by atoms with van der Waals surface area (Å²) in [6.07, 6.45) is 9.39. The first-order valence-electron chi connectivity index (χ1n) is 8.01. The van der Waals surface area contributed by atoms with Gasteiger partial charge in [0, 0.05) is 11.1 Å². The largest absolute Gasteiger partial charge is 0.380 e. The highest BCUT2D eigenvalue weighted by atomic mass is 16.5. The molecule has 1 aliphatic rings. The number of aromatic nitrogens is 2. The number of benzene rings is 1. The number of nitrogens with zero attached hydrogens (tertiary/aromatic N) is 2. The van der Waals surface area contributed by atoms with Gasteiger partial charge in [0.2, 0.25) is 5.82 Å². The molecule has 6 nitrogen and oxygen atoms in total. The molecule has 0 aliphatic heterocycles. The molecular weight excluding hydrogens is 306 g/mol. The highest BCUT2D eigenvalue weighted by Gasteiger charge is 2.37. The summed E-state index contributed by atoms with van der Waals surface area (Å²) in [6, 6.07) is 6.89. The van der Waals surface area contributed by atoms with Gasteiger partial charge >= 0.3 is 0 Å². The lowest BCUT2D eigenvalue weighted by molar-refractivity contribution is -0.0287. The molecule has 0 spiro atoms. The molecule has 6 heteroatoms. The molecule has 1 amide bonds. The summed E-state index contributed by atoms with van der Waals surface area (Å²) >= 11 is 0. The van der Waals surface area contributed by atoms with Crippen LogP contribution in [0.4, 0.5) is 0 Å². The summed E-state index contributed by atoms with van der Waals surface area (Å²) in [5.74, 6) is 2.71. The van der Waals surface area contributed by atoms with Crippen molar-refractivity contribution in [2.24, 2.45) is 0 Å². The van der Waals surface area contributed by atoms with Crippen molar-refractivity contribution in [3.05, 3.63) is 35.7 Å². The van der Waals surface area contributed by atoms with E-state index in [9.17, 15) is 9.90 Å². The third kappa shape index (κ3) is 3.31. The van der Waals surface area contributed by atoms with Crippen LogP contribution in [-0.2, 0) is 5.60 Å². The van der Waals surface area contributed by atoms with Gasteiger partial charge in [0.25, 0.3) is 11.8 Å². The second-order valence-corrected chi connectivity index (χ2v) is 5.98. The number of hydrogen-bond donors (Lipinski definition) is 2. The highest BCUT2D eigenvalue weighted by molar-refractivity contribution is 5.95.